The van der Waals surface area contributed by atoms with Gasteiger partial charge in [-0.25, -0.2) is 4.98 Å². The first-order valence-corrected chi connectivity index (χ1v) is 9.33. The van der Waals surface area contributed by atoms with Gasteiger partial charge in [-0.3, -0.25) is 9.36 Å². The predicted molar refractivity (Wildman–Crippen MR) is 101 cm³/mol. The topological polar surface area (TPSA) is 74.3 Å². The Morgan fingerprint density at radius 1 is 1.19 bits per heavy atom. The number of fused-ring (bicyclic) bond motifs is 3. The highest BCUT2D eigenvalue weighted by atomic mass is 32.2. The Labute approximate surface area is 153 Å². The number of hydrogen-bond acceptors (Lipinski definition) is 6. The molecule has 7 nitrogen and oxygen atoms in total. The minimum absolute atomic E-state index is 0.177. The molecule has 4 aromatic rings. The van der Waals surface area contributed by atoms with Gasteiger partial charge in [-0.2, -0.15) is 9.50 Å². The standard InChI is InChI=1S/C18H17N5O2S/c1-3-25-15-8-6-5-7-14(15)22-10-9-13-12(16(22)24)11-19-17-20-18(26-4-2)21-23(13)17/h5-11H,3-4H2,1-2H3. The van der Waals surface area contributed by atoms with Crippen LogP contribution < -0.4 is 10.3 Å². The number of para-hydroxylation sites is 2. The maximum atomic E-state index is 13.1. The lowest BCUT2D eigenvalue weighted by molar-refractivity contribution is 0.339. The molecule has 0 aliphatic heterocycles. The van der Waals surface area contributed by atoms with E-state index in [-0.39, 0.29) is 5.56 Å². The number of hydrogen-bond donors (Lipinski definition) is 0. The van der Waals surface area contributed by atoms with Crippen molar-refractivity contribution < 1.29 is 4.74 Å². The summed E-state index contributed by atoms with van der Waals surface area (Å²) in [5, 5.41) is 5.58. The molecule has 0 atom stereocenters. The van der Waals surface area contributed by atoms with Crippen LogP contribution in [0.1, 0.15) is 13.8 Å². The fraction of sp³-hybridized carbons (Fsp3) is 0.222. The Hall–Kier alpha value is -2.87. The summed E-state index contributed by atoms with van der Waals surface area (Å²) in [6.45, 7) is 4.48. The number of nitrogens with zero attached hydrogens (tertiary/aromatic N) is 5. The maximum Gasteiger partial charge on any atom is 0.266 e. The van der Waals surface area contributed by atoms with Crippen molar-refractivity contribution in [1.29, 1.82) is 0 Å². The quantitative estimate of drug-likeness (QED) is 0.505. The van der Waals surface area contributed by atoms with E-state index in [4.69, 9.17) is 4.74 Å². The molecule has 1 aromatic carbocycles. The number of thioether (sulfide) groups is 1. The molecule has 0 aliphatic carbocycles. The van der Waals surface area contributed by atoms with Crippen molar-refractivity contribution >= 4 is 28.4 Å². The molecular formula is C18H17N5O2S. The average molecular weight is 367 g/mol. The van der Waals surface area contributed by atoms with Crippen LogP contribution in [0, 0.1) is 0 Å². The first-order valence-electron chi connectivity index (χ1n) is 8.35. The van der Waals surface area contributed by atoms with Gasteiger partial charge in [0.25, 0.3) is 11.3 Å². The van der Waals surface area contributed by atoms with E-state index in [2.05, 4.69) is 15.1 Å². The van der Waals surface area contributed by atoms with E-state index >= 15 is 0 Å². The van der Waals surface area contributed by atoms with E-state index in [0.717, 1.165) is 5.75 Å². The fourth-order valence-electron chi connectivity index (χ4n) is 2.81. The molecule has 4 rings (SSSR count). The van der Waals surface area contributed by atoms with Crippen molar-refractivity contribution in [1.82, 2.24) is 24.1 Å². The molecule has 0 radical (unpaired) electrons. The lowest BCUT2D eigenvalue weighted by atomic mass is 10.2. The molecular weight excluding hydrogens is 350 g/mol. The van der Waals surface area contributed by atoms with Crippen molar-refractivity contribution in [2.45, 2.75) is 19.0 Å². The van der Waals surface area contributed by atoms with E-state index < -0.39 is 0 Å². The van der Waals surface area contributed by atoms with E-state index in [1.807, 2.05) is 44.2 Å². The van der Waals surface area contributed by atoms with Crippen LogP contribution in [0.4, 0.5) is 0 Å². The SMILES string of the molecule is CCOc1ccccc1-n1ccc2c(cnc3nc(SCC)nn32)c1=O. The minimum atomic E-state index is -0.177. The van der Waals surface area contributed by atoms with Gasteiger partial charge in [0.05, 0.1) is 23.2 Å². The highest BCUT2D eigenvalue weighted by molar-refractivity contribution is 7.99. The molecule has 0 unspecified atom stereocenters. The molecule has 132 valence electrons. The molecule has 0 saturated carbocycles. The van der Waals surface area contributed by atoms with Crippen molar-refractivity contribution in [3.05, 3.63) is 53.1 Å². The summed E-state index contributed by atoms with van der Waals surface area (Å²) in [6, 6.07) is 9.32. The van der Waals surface area contributed by atoms with Gasteiger partial charge in [0.2, 0.25) is 5.16 Å². The Morgan fingerprint density at radius 2 is 2.04 bits per heavy atom. The van der Waals surface area contributed by atoms with Crippen LogP contribution in [0.2, 0.25) is 0 Å². The Morgan fingerprint density at radius 3 is 2.85 bits per heavy atom. The molecule has 0 fully saturated rings. The molecule has 0 bridgehead atoms. The molecule has 3 heterocycles. The third kappa shape index (κ3) is 2.72. The molecule has 0 amide bonds. The molecule has 0 N–H and O–H groups in total. The maximum absolute atomic E-state index is 13.1. The van der Waals surface area contributed by atoms with Crippen molar-refractivity contribution in [2.24, 2.45) is 0 Å². The molecule has 0 aliphatic rings. The van der Waals surface area contributed by atoms with Crippen molar-refractivity contribution in [2.75, 3.05) is 12.4 Å². The summed E-state index contributed by atoms with van der Waals surface area (Å²) in [6.07, 6.45) is 3.29. The monoisotopic (exact) mass is 367 g/mol. The van der Waals surface area contributed by atoms with Crippen LogP contribution in [-0.2, 0) is 0 Å². The number of rotatable bonds is 5. The third-order valence-corrected chi connectivity index (χ3v) is 4.63. The van der Waals surface area contributed by atoms with E-state index in [1.165, 1.54) is 11.8 Å². The Balaban J connectivity index is 1.93. The van der Waals surface area contributed by atoms with Gasteiger partial charge in [-0.1, -0.05) is 30.8 Å². The lowest BCUT2D eigenvalue weighted by Crippen LogP contribution is -2.19. The molecule has 0 saturated heterocycles. The van der Waals surface area contributed by atoms with E-state index in [0.29, 0.717) is 39.9 Å². The second-order valence-corrected chi connectivity index (χ2v) is 6.72. The van der Waals surface area contributed by atoms with Crippen LogP contribution in [0.5, 0.6) is 5.75 Å². The van der Waals surface area contributed by atoms with Crippen LogP contribution in [-0.4, -0.2) is 36.5 Å². The highest BCUT2D eigenvalue weighted by Gasteiger charge is 2.13. The van der Waals surface area contributed by atoms with Crippen molar-refractivity contribution in [3.8, 4) is 11.4 Å². The van der Waals surface area contributed by atoms with Gasteiger partial charge in [0.1, 0.15) is 5.75 Å². The summed E-state index contributed by atoms with van der Waals surface area (Å²) in [7, 11) is 0. The smallest absolute Gasteiger partial charge is 0.266 e. The summed E-state index contributed by atoms with van der Waals surface area (Å²) in [4.78, 5) is 21.7. The minimum Gasteiger partial charge on any atom is -0.492 e. The predicted octanol–water partition coefficient (Wildman–Crippen LogP) is 2.94. The normalized spacial score (nSPS) is 11.3. The second kappa shape index (κ2) is 6.80. The Bertz CT molecular complexity index is 1150. The zero-order valence-corrected chi connectivity index (χ0v) is 15.2. The number of benzene rings is 1. The van der Waals surface area contributed by atoms with E-state index in [1.54, 1.807) is 21.5 Å². The first-order chi connectivity index (χ1) is 12.7. The lowest BCUT2D eigenvalue weighted by Gasteiger charge is -2.12. The summed E-state index contributed by atoms with van der Waals surface area (Å²) in [5.41, 5.74) is 1.20. The van der Waals surface area contributed by atoms with Crippen LogP contribution >= 0.6 is 11.8 Å². The van der Waals surface area contributed by atoms with Crippen molar-refractivity contribution in [3.63, 3.8) is 0 Å². The summed E-state index contributed by atoms with van der Waals surface area (Å²) in [5.74, 6) is 2.02. The van der Waals surface area contributed by atoms with Crippen LogP contribution in [0.15, 0.2) is 52.7 Å². The molecule has 0 spiro atoms. The first kappa shape index (κ1) is 16.6. The molecule has 26 heavy (non-hydrogen) atoms. The summed E-state index contributed by atoms with van der Waals surface area (Å²) >= 11 is 1.54. The second-order valence-electron chi connectivity index (χ2n) is 5.49. The van der Waals surface area contributed by atoms with Gasteiger partial charge in [-0.15, -0.1) is 5.10 Å². The summed E-state index contributed by atoms with van der Waals surface area (Å²) < 4.78 is 8.84. The van der Waals surface area contributed by atoms with Gasteiger partial charge < -0.3 is 4.74 Å². The average Bonchev–Trinajstić information content (AvgIpc) is 3.06. The zero-order valence-electron chi connectivity index (χ0n) is 14.4. The highest BCUT2D eigenvalue weighted by Crippen LogP contribution is 2.22. The largest absolute Gasteiger partial charge is 0.492 e. The zero-order chi connectivity index (χ0) is 18.1. The third-order valence-electron chi connectivity index (χ3n) is 3.91. The number of ether oxygens (including phenoxy) is 1. The number of pyridine rings is 1. The van der Waals surface area contributed by atoms with Gasteiger partial charge in [-0.05, 0) is 30.9 Å². The van der Waals surface area contributed by atoms with Gasteiger partial charge in [0.15, 0.2) is 0 Å². The van der Waals surface area contributed by atoms with Gasteiger partial charge in [0, 0.05) is 12.4 Å². The fourth-order valence-corrected chi connectivity index (χ4v) is 3.36. The van der Waals surface area contributed by atoms with Crippen LogP contribution in [0.25, 0.3) is 22.4 Å². The Kier molecular flexibility index (Phi) is 4.34. The number of aromatic nitrogens is 5. The molecule has 3 aromatic heterocycles. The molecule has 8 heteroatoms. The van der Waals surface area contributed by atoms with E-state index in [9.17, 15) is 4.79 Å². The van der Waals surface area contributed by atoms with Crippen LogP contribution in [0.3, 0.4) is 0 Å². The van der Waals surface area contributed by atoms with Gasteiger partial charge >= 0.3 is 0 Å².